The summed E-state index contributed by atoms with van der Waals surface area (Å²) < 4.78 is 53.3. The molecule has 0 atom stereocenters. The molecule has 0 unspecified atom stereocenters. The van der Waals surface area contributed by atoms with Crippen LogP contribution in [0.1, 0.15) is 56.4 Å². The zero-order chi connectivity index (χ0) is 24.4. The molecule has 1 amide bonds. The number of halogens is 4. The summed E-state index contributed by atoms with van der Waals surface area (Å²) in [6.07, 6.45) is -0.504. The van der Waals surface area contributed by atoms with E-state index in [9.17, 15) is 22.4 Å². The first-order valence-corrected chi connectivity index (χ1v) is 10.7. The second-order valence-corrected chi connectivity index (χ2v) is 8.69. The highest BCUT2D eigenvalue weighted by atomic mass is 19.4. The Balaban J connectivity index is 1.75. The van der Waals surface area contributed by atoms with Crippen molar-refractivity contribution in [2.75, 3.05) is 11.4 Å². The van der Waals surface area contributed by atoms with E-state index in [0.717, 1.165) is 41.9 Å². The Morgan fingerprint density at radius 2 is 1.94 bits per heavy atom. The minimum absolute atomic E-state index is 0.205. The molecule has 8 heteroatoms. The Bertz CT molecular complexity index is 1100. The molecule has 0 radical (unpaired) electrons. The number of amides is 1. The number of hydrogen-bond acceptors (Lipinski definition) is 3. The highest BCUT2D eigenvalue weighted by molar-refractivity contribution is 5.89. The van der Waals surface area contributed by atoms with Gasteiger partial charge in [-0.05, 0) is 56.5 Å². The van der Waals surface area contributed by atoms with E-state index < -0.39 is 23.5 Å². The minimum Gasteiger partial charge on any atom is -0.362 e. The van der Waals surface area contributed by atoms with E-state index in [-0.39, 0.29) is 23.1 Å². The molecule has 1 aliphatic rings. The Kier molecular flexibility index (Phi) is 6.95. The van der Waals surface area contributed by atoms with Gasteiger partial charge in [0, 0.05) is 23.4 Å². The minimum atomic E-state index is -4.48. The van der Waals surface area contributed by atoms with Crippen molar-refractivity contribution in [1.29, 1.82) is 0 Å². The molecule has 0 aromatic heterocycles. The van der Waals surface area contributed by atoms with Crippen molar-refractivity contribution >= 4 is 23.4 Å². The third-order valence-electron chi connectivity index (χ3n) is 5.56. The highest BCUT2D eigenvalue weighted by Gasteiger charge is 2.32. The number of hydrogen-bond donors (Lipinski definition) is 1. The summed E-state index contributed by atoms with van der Waals surface area (Å²) in [5.41, 5.74) is 4.32. The molecule has 0 saturated heterocycles. The van der Waals surface area contributed by atoms with Gasteiger partial charge in [0.25, 0.3) is 0 Å². The number of nitrogens with zero attached hydrogens (tertiary/aromatic N) is 2. The summed E-state index contributed by atoms with van der Waals surface area (Å²) in [6.45, 7) is 8.99. The smallest absolute Gasteiger partial charge is 0.362 e. The summed E-state index contributed by atoms with van der Waals surface area (Å²) in [6, 6.07) is 7.71. The molecule has 3 rings (SSSR count). The topological polar surface area (TPSA) is 44.7 Å². The zero-order valence-electron chi connectivity index (χ0n) is 19.1. The average Bonchev–Trinajstić information content (AvgIpc) is 2.71. The van der Waals surface area contributed by atoms with Gasteiger partial charge in [0.2, 0.25) is 5.91 Å². The van der Waals surface area contributed by atoms with Crippen LogP contribution in [-0.2, 0) is 17.4 Å². The van der Waals surface area contributed by atoms with Gasteiger partial charge in [-0.25, -0.2) is 9.82 Å². The summed E-state index contributed by atoms with van der Waals surface area (Å²) in [4.78, 5) is 14.3. The Labute approximate surface area is 191 Å². The molecule has 1 aliphatic heterocycles. The van der Waals surface area contributed by atoms with Gasteiger partial charge in [-0.1, -0.05) is 31.2 Å². The molecule has 0 spiro atoms. The van der Waals surface area contributed by atoms with Crippen molar-refractivity contribution in [2.45, 2.75) is 52.3 Å². The number of anilines is 1. The largest absolute Gasteiger partial charge is 0.416 e. The second kappa shape index (κ2) is 9.37. The lowest BCUT2D eigenvalue weighted by molar-refractivity contribution is -0.137. The molecule has 0 aliphatic carbocycles. The Hall–Kier alpha value is -3.16. The molecule has 1 heterocycles. The van der Waals surface area contributed by atoms with Crippen LogP contribution in [0.15, 0.2) is 47.6 Å². The van der Waals surface area contributed by atoms with Gasteiger partial charge in [-0.2, -0.15) is 18.3 Å². The van der Waals surface area contributed by atoms with Crippen LogP contribution >= 0.6 is 0 Å². The zero-order valence-corrected chi connectivity index (χ0v) is 19.1. The standard InChI is InChI=1S/C25H27F4N3O/c1-5-9-32-22-13-21(26)18(12-20(22)16(2)14-24(32,3)4)15-30-31-23(33)11-17-7-6-8-19(10-17)25(27,28)29/h6-8,10,12-15H,5,9,11H2,1-4H3,(H,31,33)/b30-15+. The van der Waals surface area contributed by atoms with Crippen molar-refractivity contribution in [2.24, 2.45) is 5.10 Å². The summed E-state index contributed by atoms with van der Waals surface area (Å²) >= 11 is 0. The number of allylic oxidation sites excluding steroid dienone is 1. The summed E-state index contributed by atoms with van der Waals surface area (Å²) in [5.74, 6) is -1.08. The number of nitrogens with one attached hydrogen (secondary N) is 1. The first kappa shape index (κ1) is 24.5. The van der Waals surface area contributed by atoms with E-state index >= 15 is 0 Å². The van der Waals surface area contributed by atoms with Gasteiger partial charge in [-0.15, -0.1) is 0 Å². The Morgan fingerprint density at radius 1 is 1.21 bits per heavy atom. The maximum absolute atomic E-state index is 14.8. The quantitative estimate of drug-likeness (QED) is 0.328. The van der Waals surface area contributed by atoms with E-state index in [0.29, 0.717) is 0 Å². The molecule has 176 valence electrons. The third kappa shape index (κ3) is 5.61. The lowest BCUT2D eigenvalue weighted by Crippen LogP contribution is -2.45. The summed E-state index contributed by atoms with van der Waals surface area (Å²) in [7, 11) is 0. The van der Waals surface area contributed by atoms with E-state index in [2.05, 4.69) is 42.3 Å². The number of hydrazone groups is 1. The average molecular weight is 462 g/mol. The predicted molar refractivity (Wildman–Crippen MR) is 123 cm³/mol. The van der Waals surface area contributed by atoms with Crippen molar-refractivity contribution in [3.63, 3.8) is 0 Å². The van der Waals surface area contributed by atoms with Crippen molar-refractivity contribution in [3.8, 4) is 0 Å². The molecule has 2 aromatic carbocycles. The number of benzene rings is 2. The van der Waals surface area contributed by atoms with Gasteiger partial charge >= 0.3 is 6.18 Å². The van der Waals surface area contributed by atoms with E-state index in [4.69, 9.17) is 0 Å². The van der Waals surface area contributed by atoms with E-state index in [1.54, 1.807) is 6.07 Å². The predicted octanol–water partition coefficient (Wildman–Crippen LogP) is 5.95. The lowest BCUT2D eigenvalue weighted by Gasteiger charge is -2.43. The van der Waals surface area contributed by atoms with Crippen LogP contribution < -0.4 is 10.3 Å². The van der Waals surface area contributed by atoms with Crippen molar-refractivity contribution in [1.82, 2.24) is 5.43 Å². The highest BCUT2D eigenvalue weighted by Crippen LogP contribution is 2.40. The SMILES string of the molecule is CCCN1c2cc(F)c(/C=N/NC(=O)Cc3cccc(C(F)(F)F)c3)cc2C(C)=CC1(C)C. The van der Waals surface area contributed by atoms with E-state index in [1.165, 1.54) is 24.4 Å². The van der Waals surface area contributed by atoms with Crippen LogP contribution in [0.2, 0.25) is 0 Å². The molecule has 0 bridgehead atoms. The van der Waals surface area contributed by atoms with Crippen LogP contribution in [0.4, 0.5) is 23.2 Å². The monoisotopic (exact) mass is 461 g/mol. The fourth-order valence-electron chi connectivity index (χ4n) is 4.10. The molecule has 0 fully saturated rings. The lowest BCUT2D eigenvalue weighted by atomic mass is 9.88. The van der Waals surface area contributed by atoms with E-state index in [1.807, 2.05) is 6.92 Å². The second-order valence-electron chi connectivity index (χ2n) is 8.69. The van der Waals surface area contributed by atoms with Crippen LogP contribution in [0, 0.1) is 5.82 Å². The van der Waals surface area contributed by atoms with Crippen molar-refractivity contribution in [3.05, 3.63) is 70.5 Å². The van der Waals surface area contributed by atoms with Crippen LogP contribution in [0.3, 0.4) is 0 Å². The Morgan fingerprint density at radius 3 is 2.61 bits per heavy atom. The van der Waals surface area contributed by atoms with Gasteiger partial charge in [0.1, 0.15) is 5.82 Å². The van der Waals surface area contributed by atoms with Gasteiger partial charge in [0.15, 0.2) is 0 Å². The maximum atomic E-state index is 14.8. The first-order chi connectivity index (χ1) is 15.4. The molecule has 33 heavy (non-hydrogen) atoms. The number of carbonyl (C=O) groups is 1. The van der Waals surface area contributed by atoms with Crippen LogP contribution in [0.25, 0.3) is 5.57 Å². The normalized spacial score (nSPS) is 15.4. The number of alkyl halides is 3. The first-order valence-electron chi connectivity index (χ1n) is 10.7. The molecular weight excluding hydrogens is 434 g/mol. The van der Waals surface area contributed by atoms with Crippen LogP contribution in [-0.4, -0.2) is 24.2 Å². The van der Waals surface area contributed by atoms with Crippen molar-refractivity contribution < 1.29 is 22.4 Å². The number of carbonyl (C=O) groups excluding carboxylic acids is 1. The van der Waals surface area contributed by atoms with Gasteiger partial charge in [-0.3, -0.25) is 4.79 Å². The number of rotatable bonds is 6. The molecule has 2 aromatic rings. The summed E-state index contributed by atoms with van der Waals surface area (Å²) in [5, 5.41) is 3.81. The van der Waals surface area contributed by atoms with Gasteiger partial charge < -0.3 is 4.90 Å². The number of fused-ring (bicyclic) bond motifs is 1. The maximum Gasteiger partial charge on any atom is 0.416 e. The molecule has 4 nitrogen and oxygen atoms in total. The third-order valence-corrected chi connectivity index (χ3v) is 5.56. The fourth-order valence-corrected chi connectivity index (χ4v) is 4.10. The molecular formula is C25H27F4N3O. The molecule has 0 saturated carbocycles. The van der Waals surface area contributed by atoms with Crippen LogP contribution in [0.5, 0.6) is 0 Å². The fraction of sp³-hybridized carbons (Fsp3) is 0.360. The van der Waals surface area contributed by atoms with Gasteiger partial charge in [0.05, 0.1) is 23.7 Å². The molecule has 1 N–H and O–H groups in total.